The Labute approximate surface area is 181 Å². The summed E-state index contributed by atoms with van der Waals surface area (Å²) in [6.07, 6.45) is 11.0. The molecule has 152 valence electrons. The van der Waals surface area contributed by atoms with Crippen molar-refractivity contribution in [3.8, 4) is 5.75 Å². The molecule has 1 aromatic rings. The fourth-order valence-electron chi connectivity index (χ4n) is 2.65. The van der Waals surface area contributed by atoms with Crippen LogP contribution in [-0.4, -0.2) is 10.9 Å². The lowest BCUT2D eigenvalue weighted by Gasteiger charge is -2.13. The molecule has 0 saturated carbocycles. The third-order valence-electron chi connectivity index (χ3n) is 4.36. The predicted octanol–water partition coefficient (Wildman–Crippen LogP) is 6.73. The predicted molar refractivity (Wildman–Crippen MR) is 123 cm³/mol. The number of hydrogen-bond donors (Lipinski definition) is 2. The van der Waals surface area contributed by atoms with Crippen molar-refractivity contribution in [1.82, 2.24) is 0 Å². The van der Waals surface area contributed by atoms with E-state index in [2.05, 4.69) is 11.6 Å². The maximum absolute atomic E-state index is 9.65. The van der Waals surface area contributed by atoms with E-state index in [0.29, 0.717) is 33.5 Å². The molecule has 0 radical (unpaired) electrons. The smallest absolute Gasteiger partial charge is 0.134 e. The Bertz CT molecular complexity index is 973. The van der Waals surface area contributed by atoms with Crippen molar-refractivity contribution in [2.75, 3.05) is 0 Å². The number of amidine groups is 1. The highest BCUT2D eigenvalue weighted by molar-refractivity contribution is 6.36. The fourth-order valence-corrected chi connectivity index (χ4v) is 3.12. The van der Waals surface area contributed by atoms with Gasteiger partial charge in [0.05, 0.1) is 5.57 Å². The Kier molecular flexibility index (Phi) is 7.94. The average molecular weight is 431 g/mol. The fraction of sp³-hybridized carbons (Fsp3) is 0.174. The number of benzene rings is 1. The molecular weight excluding hydrogens is 407 g/mol. The number of aliphatic hydroxyl groups excluding tert-OH is 1. The molecule has 0 fully saturated rings. The molecule has 3 N–H and O–H groups in total. The summed E-state index contributed by atoms with van der Waals surface area (Å²) < 4.78 is 5.98. The lowest BCUT2D eigenvalue weighted by atomic mass is 10.0. The average Bonchev–Trinajstić information content (AvgIpc) is 2.88. The van der Waals surface area contributed by atoms with E-state index in [9.17, 15) is 5.11 Å². The largest absolute Gasteiger partial charge is 0.508 e. The molecular formula is C23H24Cl2N2O2. The zero-order chi connectivity index (χ0) is 21.6. The minimum absolute atomic E-state index is 0.212. The van der Waals surface area contributed by atoms with E-state index in [1.54, 1.807) is 31.2 Å². The van der Waals surface area contributed by atoms with Crippen LogP contribution >= 0.6 is 23.2 Å². The monoisotopic (exact) mass is 430 g/mol. The second-order valence-electron chi connectivity index (χ2n) is 6.50. The third kappa shape index (κ3) is 6.14. The Morgan fingerprint density at radius 3 is 2.52 bits per heavy atom. The number of allylic oxidation sites excluding steroid dienone is 7. The molecule has 6 heteroatoms. The first-order valence-electron chi connectivity index (χ1n) is 8.97. The molecule has 0 aliphatic heterocycles. The standard InChI is InChI=1S/C23H24Cl2N2O2/c1-5-27-23(26)20(11-14(2)17-7-6-8-18(28)10-9-17)16(4)29-19-12-21(24)15(3)22(25)13-19/h5-6,8-13,28H,1,7H2,2-4H3,(H2,26,27)/b14-11+,20-16+. The Balaban J connectivity index is 2.48. The van der Waals surface area contributed by atoms with E-state index in [1.807, 2.05) is 32.1 Å². The van der Waals surface area contributed by atoms with Gasteiger partial charge in [-0.2, -0.15) is 0 Å². The normalized spacial score (nSPS) is 15.9. The van der Waals surface area contributed by atoms with E-state index in [-0.39, 0.29) is 11.6 Å². The van der Waals surface area contributed by atoms with Gasteiger partial charge in [0.1, 0.15) is 23.1 Å². The number of halogens is 2. The van der Waals surface area contributed by atoms with Gasteiger partial charge in [-0.05, 0) is 74.3 Å². The molecule has 29 heavy (non-hydrogen) atoms. The summed E-state index contributed by atoms with van der Waals surface area (Å²) in [4.78, 5) is 4.10. The number of nitrogens with two attached hydrogens (primary N) is 1. The van der Waals surface area contributed by atoms with E-state index in [4.69, 9.17) is 33.7 Å². The molecule has 0 unspecified atom stereocenters. The number of hydrogen-bond acceptors (Lipinski definition) is 3. The minimum atomic E-state index is 0.212. The summed E-state index contributed by atoms with van der Waals surface area (Å²) in [5.41, 5.74) is 9.54. The summed E-state index contributed by atoms with van der Waals surface area (Å²) in [5, 5.41) is 10.7. The molecule has 0 spiro atoms. The zero-order valence-electron chi connectivity index (χ0n) is 16.7. The van der Waals surface area contributed by atoms with E-state index < -0.39 is 0 Å². The van der Waals surface area contributed by atoms with Crippen molar-refractivity contribution >= 4 is 29.0 Å². The Morgan fingerprint density at radius 1 is 1.24 bits per heavy atom. The van der Waals surface area contributed by atoms with Crippen molar-refractivity contribution in [3.05, 3.63) is 99.1 Å². The van der Waals surface area contributed by atoms with Crippen LogP contribution in [0.4, 0.5) is 0 Å². The highest BCUT2D eigenvalue weighted by Crippen LogP contribution is 2.31. The van der Waals surface area contributed by atoms with Crippen molar-refractivity contribution in [2.24, 2.45) is 10.7 Å². The van der Waals surface area contributed by atoms with Crippen molar-refractivity contribution < 1.29 is 9.84 Å². The van der Waals surface area contributed by atoms with E-state index in [0.717, 1.165) is 16.7 Å². The van der Waals surface area contributed by atoms with Crippen LogP contribution in [0.25, 0.3) is 0 Å². The highest BCUT2D eigenvalue weighted by Gasteiger charge is 2.12. The number of ether oxygens (including phenoxy) is 1. The molecule has 0 atom stereocenters. The number of nitrogens with zero attached hydrogens (tertiary/aromatic N) is 1. The SMILES string of the molecule is C=CN=C(N)C(/C=C(\C)C1=CC=C(O)C=CC1)=C(\C)Oc1cc(Cl)c(C)c(Cl)c1. The van der Waals surface area contributed by atoms with E-state index >= 15 is 0 Å². The van der Waals surface area contributed by atoms with Gasteiger partial charge in [-0.3, -0.25) is 0 Å². The quantitative estimate of drug-likeness (QED) is 0.227. The Morgan fingerprint density at radius 2 is 1.90 bits per heavy atom. The minimum Gasteiger partial charge on any atom is -0.508 e. The molecule has 0 bridgehead atoms. The van der Waals surface area contributed by atoms with Crippen LogP contribution in [0.2, 0.25) is 10.0 Å². The molecule has 0 aromatic heterocycles. The van der Waals surface area contributed by atoms with Crippen LogP contribution < -0.4 is 10.5 Å². The second kappa shape index (κ2) is 10.2. The van der Waals surface area contributed by atoms with Crippen LogP contribution in [0.3, 0.4) is 0 Å². The summed E-state index contributed by atoms with van der Waals surface area (Å²) in [6, 6.07) is 3.40. The van der Waals surface area contributed by atoms with Gasteiger partial charge >= 0.3 is 0 Å². The van der Waals surface area contributed by atoms with Gasteiger partial charge in [0, 0.05) is 16.2 Å². The highest BCUT2D eigenvalue weighted by atomic mass is 35.5. The maximum Gasteiger partial charge on any atom is 0.134 e. The second-order valence-corrected chi connectivity index (χ2v) is 7.31. The van der Waals surface area contributed by atoms with Crippen LogP contribution in [0.15, 0.2) is 88.5 Å². The topological polar surface area (TPSA) is 67.8 Å². The molecule has 4 nitrogen and oxygen atoms in total. The van der Waals surface area contributed by atoms with Gasteiger partial charge in [0.25, 0.3) is 0 Å². The first-order chi connectivity index (χ1) is 13.7. The molecule has 1 aromatic carbocycles. The van der Waals surface area contributed by atoms with Gasteiger partial charge in [-0.15, -0.1) is 0 Å². The van der Waals surface area contributed by atoms with Gasteiger partial charge < -0.3 is 15.6 Å². The third-order valence-corrected chi connectivity index (χ3v) is 5.15. The molecule has 0 heterocycles. The molecule has 2 rings (SSSR count). The zero-order valence-corrected chi connectivity index (χ0v) is 18.2. The lowest BCUT2D eigenvalue weighted by molar-refractivity contribution is 0.425. The molecule has 0 saturated heterocycles. The van der Waals surface area contributed by atoms with Crippen LogP contribution in [0.5, 0.6) is 5.75 Å². The molecule has 1 aliphatic carbocycles. The summed E-state index contributed by atoms with van der Waals surface area (Å²) >= 11 is 12.4. The first-order valence-corrected chi connectivity index (χ1v) is 9.72. The van der Waals surface area contributed by atoms with Crippen LogP contribution in [0.1, 0.15) is 25.8 Å². The number of aliphatic imine (C=N–C) groups is 1. The molecule has 1 aliphatic rings. The van der Waals surface area contributed by atoms with Gasteiger partial charge in [-0.25, -0.2) is 4.99 Å². The summed E-state index contributed by atoms with van der Waals surface area (Å²) in [6.45, 7) is 9.20. The molecule has 0 amide bonds. The van der Waals surface area contributed by atoms with Crippen molar-refractivity contribution in [2.45, 2.75) is 27.2 Å². The summed E-state index contributed by atoms with van der Waals surface area (Å²) in [5.74, 6) is 1.52. The van der Waals surface area contributed by atoms with Gasteiger partial charge in [0.2, 0.25) is 0 Å². The Hall–Kier alpha value is -2.69. The van der Waals surface area contributed by atoms with Gasteiger partial charge in [-0.1, -0.05) is 41.9 Å². The van der Waals surface area contributed by atoms with Gasteiger partial charge in [0.15, 0.2) is 0 Å². The van der Waals surface area contributed by atoms with Crippen LogP contribution in [0, 0.1) is 6.92 Å². The van der Waals surface area contributed by atoms with Crippen molar-refractivity contribution in [3.63, 3.8) is 0 Å². The first kappa shape index (κ1) is 22.6. The summed E-state index contributed by atoms with van der Waals surface area (Å²) in [7, 11) is 0. The number of aliphatic hydroxyl groups is 1. The number of rotatable bonds is 6. The lowest BCUT2D eigenvalue weighted by Crippen LogP contribution is -2.16. The van der Waals surface area contributed by atoms with Crippen LogP contribution in [-0.2, 0) is 0 Å². The van der Waals surface area contributed by atoms with E-state index in [1.165, 1.54) is 6.20 Å². The maximum atomic E-state index is 9.65. The van der Waals surface area contributed by atoms with Crippen molar-refractivity contribution in [1.29, 1.82) is 0 Å².